The zero-order valence-electron chi connectivity index (χ0n) is 14.2. The van der Waals surface area contributed by atoms with Gasteiger partial charge in [0.05, 0.1) is 12.6 Å². The Kier molecular flexibility index (Phi) is 3.88. The highest BCUT2D eigenvalue weighted by Gasteiger charge is 2.42. The number of hydrogen-bond acceptors (Lipinski definition) is 5. The number of nitrogens with one attached hydrogen (secondary N) is 1. The van der Waals surface area contributed by atoms with Crippen molar-refractivity contribution >= 4 is 11.8 Å². The van der Waals surface area contributed by atoms with E-state index in [2.05, 4.69) is 52.5 Å². The van der Waals surface area contributed by atoms with Gasteiger partial charge in [-0.25, -0.2) is 4.98 Å². The van der Waals surface area contributed by atoms with Gasteiger partial charge in [-0.3, -0.25) is 0 Å². The average Bonchev–Trinajstić information content (AvgIpc) is 3.21. The van der Waals surface area contributed by atoms with Crippen molar-refractivity contribution in [1.82, 2.24) is 9.97 Å². The van der Waals surface area contributed by atoms with Crippen molar-refractivity contribution in [3.63, 3.8) is 0 Å². The molecule has 1 saturated heterocycles. The van der Waals surface area contributed by atoms with Crippen LogP contribution in [-0.2, 0) is 6.42 Å². The number of aromatic nitrogens is 2. The van der Waals surface area contributed by atoms with E-state index in [1.54, 1.807) is 0 Å². The third-order valence-corrected chi connectivity index (χ3v) is 5.17. The number of aliphatic hydroxyl groups is 1. The van der Waals surface area contributed by atoms with E-state index in [0.717, 1.165) is 24.5 Å². The molecule has 1 aliphatic heterocycles. The Balaban J connectivity index is 1.67. The minimum atomic E-state index is -0.0549. The van der Waals surface area contributed by atoms with E-state index >= 15 is 0 Å². The minimum Gasteiger partial charge on any atom is -0.394 e. The summed E-state index contributed by atoms with van der Waals surface area (Å²) in [5, 5.41) is 12.5. The summed E-state index contributed by atoms with van der Waals surface area (Å²) in [5.41, 5.74) is 3.99. The number of fused-ring (bicyclic) bond motifs is 5. The molecule has 1 fully saturated rings. The molecule has 0 unspecified atom stereocenters. The lowest BCUT2D eigenvalue weighted by molar-refractivity contribution is 0.281. The molecule has 1 aromatic heterocycles. The molecular formula is C19H24N4O. The Morgan fingerprint density at radius 1 is 1.29 bits per heavy atom. The molecule has 2 heterocycles. The van der Waals surface area contributed by atoms with Gasteiger partial charge in [0, 0.05) is 30.3 Å². The van der Waals surface area contributed by atoms with Crippen LogP contribution in [0, 0.1) is 0 Å². The highest BCUT2D eigenvalue weighted by Crippen LogP contribution is 2.51. The van der Waals surface area contributed by atoms with E-state index in [1.807, 2.05) is 6.92 Å². The van der Waals surface area contributed by atoms with Crippen LogP contribution in [-0.4, -0.2) is 34.3 Å². The third kappa shape index (κ3) is 2.53. The van der Waals surface area contributed by atoms with E-state index in [0.29, 0.717) is 17.9 Å². The first kappa shape index (κ1) is 15.4. The normalized spacial score (nSPS) is 22.5. The lowest BCUT2D eigenvalue weighted by atomic mass is 9.99. The minimum absolute atomic E-state index is 0.0549. The summed E-state index contributed by atoms with van der Waals surface area (Å²) in [7, 11) is 0. The predicted molar refractivity (Wildman–Crippen MR) is 95.5 cm³/mol. The van der Waals surface area contributed by atoms with Crippen LogP contribution < -0.4 is 10.2 Å². The Labute approximate surface area is 142 Å². The maximum atomic E-state index is 9.27. The summed E-state index contributed by atoms with van der Waals surface area (Å²) in [4.78, 5) is 11.7. The largest absolute Gasteiger partial charge is 0.394 e. The molecule has 0 radical (unpaired) electrons. The molecule has 1 aliphatic carbocycles. The lowest BCUT2D eigenvalue weighted by Crippen LogP contribution is -2.29. The molecule has 2 N–H and O–H groups in total. The van der Waals surface area contributed by atoms with Gasteiger partial charge in [0.25, 0.3) is 0 Å². The van der Waals surface area contributed by atoms with Gasteiger partial charge in [-0.1, -0.05) is 31.2 Å². The standard InChI is InChI=1S/C19H24N4O/c1-3-14-9-18(22-19(21-14)20-12(2)11-24)23-10-13-8-17(23)16-7-5-4-6-15(13)16/h4-7,9,12-13,17,24H,3,8,10-11H2,1-2H3,(H,20,21,22)/t12-,13-,17+/m1/s1. The summed E-state index contributed by atoms with van der Waals surface area (Å²) in [6.07, 6.45) is 2.05. The summed E-state index contributed by atoms with van der Waals surface area (Å²) in [6, 6.07) is 11.3. The molecule has 126 valence electrons. The first-order valence-corrected chi connectivity index (χ1v) is 8.80. The molecule has 5 nitrogen and oxygen atoms in total. The van der Waals surface area contributed by atoms with Crippen LogP contribution in [0.1, 0.15) is 49.0 Å². The van der Waals surface area contributed by atoms with Crippen LogP contribution in [0.4, 0.5) is 11.8 Å². The van der Waals surface area contributed by atoms with E-state index in [-0.39, 0.29) is 12.6 Å². The third-order valence-electron chi connectivity index (χ3n) is 5.17. The fraction of sp³-hybridized carbons (Fsp3) is 0.474. The van der Waals surface area contributed by atoms with E-state index in [9.17, 15) is 5.11 Å². The highest BCUT2D eigenvalue weighted by atomic mass is 16.3. The van der Waals surface area contributed by atoms with Crippen LogP contribution in [0.25, 0.3) is 0 Å². The fourth-order valence-corrected chi connectivity index (χ4v) is 3.94. The van der Waals surface area contributed by atoms with Crippen molar-refractivity contribution in [2.24, 2.45) is 0 Å². The molecule has 0 spiro atoms. The maximum absolute atomic E-state index is 9.27. The first-order chi connectivity index (χ1) is 11.7. The molecule has 5 heteroatoms. The summed E-state index contributed by atoms with van der Waals surface area (Å²) < 4.78 is 0. The van der Waals surface area contributed by atoms with Gasteiger partial charge in [0.1, 0.15) is 5.82 Å². The second-order valence-electron chi connectivity index (χ2n) is 6.85. The number of aliphatic hydroxyl groups excluding tert-OH is 1. The van der Waals surface area contributed by atoms with Crippen molar-refractivity contribution in [1.29, 1.82) is 0 Å². The zero-order chi connectivity index (χ0) is 16.7. The van der Waals surface area contributed by atoms with E-state index in [1.165, 1.54) is 17.5 Å². The van der Waals surface area contributed by atoms with Crippen molar-refractivity contribution in [3.8, 4) is 0 Å². The van der Waals surface area contributed by atoms with Crippen LogP contribution >= 0.6 is 0 Å². The number of rotatable bonds is 5. The molecule has 0 amide bonds. The molecule has 2 bridgehead atoms. The molecule has 1 aromatic carbocycles. The topological polar surface area (TPSA) is 61.3 Å². The number of benzene rings is 1. The van der Waals surface area contributed by atoms with Gasteiger partial charge in [0.2, 0.25) is 5.95 Å². The highest BCUT2D eigenvalue weighted by molar-refractivity contribution is 5.55. The monoisotopic (exact) mass is 324 g/mol. The smallest absolute Gasteiger partial charge is 0.225 e. The Morgan fingerprint density at radius 3 is 2.83 bits per heavy atom. The van der Waals surface area contributed by atoms with Crippen molar-refractivity contribution in [2.45, 2.75) is 44.7 Å². The predicted octanol–water partition coefficient (Wildman–Crippen LogP) is 2.88. The van der Waals surface area contributed by atoms with Gasteiger partial charge in [-0.05, 0) is 30.9 Å². The number of anilines is 2. The maximum Gasteiger partial charge on any atom is 0.225 e. The first-order valence-electron chi connectivity index (χ1n) is 8.80. The lowest BCUT2D eigenvalue weighted by Gasteiger charge is -2.30. The van der Waals surface area contributed by atoms with Crippen LogP contribution in [0.15, 0.2) is 30.3 Å². The molecule has 24 heavy (non-hydrogen) atoms. The molecular weight excluding hydrogens is 300 g/mol. The summed E-state index contributed by atoms with van der Waals surface area (Å²) in [6.45, 7) is 5.13. The van der Waals surface area contributed by atoms with Gasteiger partial charge in [0.15, 0.2) is 0 Å². The second-order valence-corrected chi connectivity index (χ2v) is 6.85. The van der Waals surface area contributed by atoms with E-state index in [4.69, 9.17) is 4.98 Å². The zero-order valence-corrected chi connectivity index (χ0v) is 14.2. The van der Waals surface area contributed by atoms with E-state index < -0.39 is 0 Å². The number of nitrogens with zero attached hydrogens (tertiary/aromatic N) is 3. The molecule has 2 aromatic rings. The van der Waals surface area contributed by atoms with Crippen LogP contribution in [0.5, 0.6) is 0 Å². The van der Waals surface area contributed by atoms with Gasteiger partial charge in [-0.2, -0.15) is 4.98 Å². The van der Waals surface area contributed by atoms with Crippen molar-refractivity contribution in [3.05, 3.63) is 47.2 Å². The molecule has 2 aliphatic rings. The fourth-order valence-electron chi connectivity index (χ4n) is 3.94. The Bertz CT molecular complexity index is 748. The number of aryl methyl sites for hydroxylation is 1. The van der Waals surface area contributed by atoms with Crippen molar-refractivity contribution < 1.29 is 5.11 Å². The second kappa shape index (κ2) is 6.06. The SMILES string of the molecule is CCc1cc(N2C[C@H]3C[C@H]2c2ccccc23)nc(N[C@H](C)CO)n1. The van der Waals surface area contributed by atoms with Crippen LogP contribution in [0.3, 0.4) is 0 Å². The summed E-state index contributed by atoms with van der Waals surface area (Å²) >= 11 is 0. The number of hydrogen-bond donors (Lipinski definition) is 2. The Morgan fingerprint density at radius 2 is 2.08 bits per heavy atom. The Hall–Kier alpha value is -2.14. The van der Waals surface area contributed by atoms with Crippen molar-refractivity contribution in [2.75, 3.05) is 23.4 Å². The van der Waals surface area contributed by atoms with Gasteiger partial charge >= 0.3 is 0 Å². The average molecular weight is 324 g/mol. The van der Waals surface area contributed by atoms with Gasteiger partial charge < -0.3 is 15.3 Å². The molecule has 0 saturated carbocycles. The molecule has 3 atom stereocenters. The van der Waals surface area contributed by atoms with Gasteiger partial charge in [-0.15, -0.1) is 0 Å². The summed E-state index contributed by atoms with van der Waals surface area (Å²) in [5.74, 6) is 2.22. The quantitative estimate of drug-likeness (QED) is 0.885. The van der Waals surface area contributed by atoms with Crippen LogP contribution in [0.2, 0.25) is 0 Å². The molecule has 4 rings (SSSR count).